The topological polar surface area (TPSA) is 59.8 Å². The number of rotatable bonds is 4. The SMILES string of the molecule is O=C(Nc1ncn(Cc2cccc(F)c2)n1)C12C=CC(CC1)C2. The molecule has 1 aromatic carbocycles. The second-order valence-electron chi connectivity index (χ2n) is 6.37. The maximum absolute atomic E-state index is 13.2. The van der Waals surface area contributed by atoms with E-state index in [1.807, 2.05) is 12.1 Å². The summed E-state index contributed by atoms with van der Waals surface area (Å²) >= 11 is 0. The molecule has 2 aliphatic carbocycles. The molecule has 5 nitrogen and oxygen atoms in total. The van der Waals surface area contributed by atoms with Crippen LogP contribution in [0.15, 0.2) is 42.7 Å². The molecule has 2 atom stereocenters. The zero-order chi connectivity index (χ0) is 15.9. The summed E-state index contributed by atoms with van der Waals surface area (Å²) in [6.45, 7) is 0.410. The van der Waals surface area contributed by atoms with E-state index in [4.69, 9.17) is 0 Å². The number of hydrogen-bond acceptors (Lipinski definition) is 3. The van der Waals surface area contributed by atoms with Gasteiger partial charge in [0.15, 0.2) is 0 Å². The second kappa shape index (κ2) is 5.30. The number of nitrogens with zero attached hydrogens (tertiary/aromatic N) is 3. The summed E-state index contributed by atoms with van der Waals surface area (Å²) < 4.78 is 14.8. The minimum Gasteiger partial charge on any atom is -0.292 e. The summed E-state index contributed by atoms with van der Waals surface area (Å²) in [5, 5.41) is 7.07. The molecule has 1 N–H and O–H groups in total. The Hall–Kier alpha value is -2.50. The molecular formula is C17H17FN4O. The number of fused-ring (bicyclic) bond motifs is 2. The second-order valence-corrected chi connectivity index (χ2v) is 6.37. The molecule has 6 heteroatoms. The molecule has 118 valence electrons. The van der Waals surface area contributed by atoms with Gasteiger partial charge < -0.3 is 0 Å². The van der Waals surface area contributed by atoms with Gasteiger partial charge in [-0.2, -0.15) is 0 Å². The molecule has 0 radical (unpaired) electrons. The van der Waals surface area contributed by atoms with Crippen LogP contribution in [0.2, 0.25) is 0 Å². The van der Waals surface area contributed by atoms with Crippen molar-refractivity contribution in [1.82, 2.24) is 14.8 Å². The lowest BCUT2D eigenvalue weighted by Gasteiger charge is -2.20. The summed E-state index contributed by atoms with van der Waals surface area (Å²) in [6.07, 6.45) is 8.57. The summed E-state index contributed by atoms with van der Waals surface area (Å²) in [5.41, 5.74) is 0.419. The molecule has 4 rings (SSSR count). The van der Waals surface area contributed by atoms with Crippen molar-refractivity contribution < 1.29 is 9.18 Å². The third-order valence-corrected chi connectivity index (χ3v) is 4.72. The first-order valence-electron chi connectivity index (χ1n) is 7.78. The summed E-state index contributed by atoms with van der Waals surface area (Å²) in [4.78, 5) is 16.6. The highest BCUT2D eigenvalue weighted by Gasteiger charge is 2.46. The highest BCUT2D eigenvalue weighted by molar-refractivity contribution is 5.96. The molecular weight excluding hydrogens is 295 g/mol. The zero-order valence-corrected chi connectivity index (χ0v) is 12.6. The van der Waals surface area contributed by atoms with Crippen LogP contribution < -0.4 is 5.32 Å². The highest BCUT2D eigenvalue weighted by Crippen LogP contribution is 2.49. The Kier molecular flexibility index (Phi) is 3.25. The van der Waals surface area contributed by atoms with E-state index in [0.717, 1.165) is 24.8 Å². The van der Waals surface area contributed by atoms with Crippen molar-refractivity contribution in [1.29, 1.82) is 0 Å². The Morgan fingerprint density at radius 1 is 1.48 bits per heavy atom. The van der Waals surface area contributed by atoms with E-state index >= 15 is 0 Å². The molecule has 1 amide bonds. The van der Waals surface area contributed by atoms with Crippen LogP contribution in [0, 0.1) is 17.2 Å². The Morgan fingerprint density at radius 2 is 2.39 bits per heavy atom. The smallest absolute Gasteiger partial charge is 0.248 e. The minimum absolute atomic E-state index is 0.0303. The summed E-state index contributed by atoms with van der Waals surface area (Å²) in [6, 6.07) is 6.34. The Labute approximate surface area is 133 Å². The summed E-state index contributed by atoms with van der Waals surface area (Å²) in [7, 11) is 0. The lowest BCUT2D eigenvalue weighted by atomic mass is 9.87. The predicted molar refractivity (Wildman–Crippen MR) is 83.1 cm³/mol. The van der Waals surface area contributed by atoms with Crippen LogP contribution in [0.4, 0.5) is 10.3 Å². The molecule has 2 aliphatic rings. The number of nitrogens with one attached hydrogen (secondary N) is 1. The number of carbonyl (C=O) groups excluding carboxylic acids is 1. The largest absolute Gasteiger partial charge is 0.292 e. The maximum Gasteiger partial charge on any atom is 0.248 e. The molecule has 2 unspecified atom stereocenters. The number of benzene rings is 1. The Morgan fingerprint density at radius 3 is 3.09 bits per heavy atom. The fourth-order valence-electron chi connectivity index (χ4n) is 3.51. The van der Waals surface area contributed by atoms with Crippen molar-refractivity contribution in [2.24, 2.45) is 11.3 Å². The number of aromatic nitrogens is 3. The maximum atomic E-state index is 13.2. The number of carbonyl (C=O) groups is 1. The van der Waals surface area contributed by atoms with E-state index in [0.29, 0.717) is 18.4 Å². The molecule has 2 aromatic rings. The van der Waals surface area contributed by atoms with Crippen molar-refractivity contribution in [3.05, 3.63) is 54.1 Å². The van der Waals surface area contributed by atoms with Crippen molar-refractivity contribution in [2.75, 3.05) is 5.32 Å². The van der Waals surface area contributed by atoms with Crippen molar-refractivity contribution >= 4 is 11.9 Å². The van der Waals surface area contributed by atoms with Crippen LogP contribution in [-0.4, -0.2) is 20.7 Å². The molecule has 1 saturated carbocycles. The van der Waals surface area contributed by atoms with Gasteiger partial charge in [0, 0.05) is 0 Å². The summed E-state index contributed by atoms with van der Waals surface area (Å²) in [5.74, 6) is 0.528. The van der Waals surface area contributed by atoms with Gasteiger partial charge >= 0.3 is 0 Å². The van der Waals surface area contributed by atoms with Crippen molar-refractivity contribution in [3.63, 3.8) is 0 Å². The average Bonchev–Trinajstić information content (AvgIpc) is 3.24. The first-order chi connectivity index (χ1) is 11.1. The van der Waals surface area contributed by atoms with Crippen LogP contribution >= 0.6 is 0 Å². The third kappa shape index (κ3) is 2.65. The molecule has 0 saturated heterocycles. The fourth-order valence-corrected chi connectivity index (χ4v) is 3.51. The number of allylic oxidation sites excluding steroid dienone is 1. The average molecular weight is 312 g/mol. The molecule has 1 fully saturated rings. The minimum atomic E-state index is -0.376. The van der Waals surface area contributed by atoms with Crippen LogP contribution in [0.5, 0.6) is 0 Å². The fraction of sp³-hybridized carbons (Fsp3) is 0.353. The lowest BCUT2D eigenvalue weighted by molar-refractivity contribution is -0.122. The first kappa shape index (κ1) is 14.1. The Bertz CT molecular complexity index is 784. The number of anilines is 1. The number of amides is 1. The quantitative estimate of drug-likeness (QED) is 0.883. The van der Waals surface area contributed by atoms with Crippen LogP contribution in [-0.2, 0) is 11.3 Å². The van der Waals surface area contributed by atoms with Gasteiger partial charge in [-0.05, 0) is 42.9 Å². The number of hydrogen-bond donors (Lipinski definition) is 1. The molecule has 23 heavy (non-hydrogen) atoms. The van der Waals surface area contributed by atoms with Gasteiger partial charge in [-0.15, -0.1) is 5.10 Å². The van der Waals surface area contributed by atoms with Crippen LogP contribution in [0.25, 0.3) is 0 Å². The lowest BCUT2D eigenvalue weighted by Crippen LogP contribution is -2.31. The van der Waals surface area contributed by atoms with E-state index in [-0.39, 0.29) is 17.1 Å². The molecule has 2 bridgehead atoms. The van der Waals surface area contributed by atoms with E-state index in [2.05, 4.69) is 21.5 Å². The zero-order valence-electron chi connectivity index (χ0n) is 12.6. The van der Waals surface area contributed by atoms with E-state index < -0.39 is 0 Å². The van der Waals surface area contributed by atoms with E-state index in [1.54, 1.807) is 17.1 Å². The van der Waals surface area contributed by atoms with Gasteiger partial charge in [0.2, 0.25) is 11.9 Å². The van der Waals surface area contributed by atoms with Crippen molar-refractivity contribution in [2.45, 2.75) is 25.8 Å². The molecule has 1 heterocycles. The van der Waals surface area contributed by atoms with Gasteiger partial charge in [-0.3, -0.25) is 10.1 Å². The monoisotopic (exact) mass is 312 g/mol. The van der Waals surface area contributed by atoms with Crippen molar-refractivity contribution in [3.8, 4) is 0 Å². The first-order valence-corrected chi connectivity index (χ1v) is 7.78. The molecule has 0 aliphatic heterocycles. The van der Waals surface area contributed by atoms with Gasteiger partial charge in [-0.1, -0.05) is 24.3 Å². The highest BCUT2D eigenvalue weighted by atomic mass is 19.1. The molecule has 1 aromatic heterocycles. The van der Waals surface area contributed by atoms with Gasteiger partial charge in [0.1, 0.15) is 12.1 Å². The van der Waals surface area contributed by atoms with Gasteiger partial charge in [-0.25, -0.2) is 14.1 Å². The van der Waals surface area contributed by atoms with E-state index in [1.165, 1.54) is 12.1 Å². The predicted octanol–water partition coefficient (Wildman–Crippen LogP) is 2.76. The third-order valence-electron chi connectivity index (χ3n) is 4.72. The van der Waals surface area contributed by atoms with Crippen LogP contribution in [0.1, 0.15) is 24.8 Å². The van der Waals surface area contributed by atoms with E-state index in [9.17, 15) is 9.18 Å². The van der Waals surface area contributed by atoms with Crippen LogP contribution in [0.3, 0.4) is 0 Å². The van der Waals surface area contributed by atoms with Gasteiger partial charge in [0.05, 0.1) is 12.0 Å². The standard InChI is InChI=1S/C17H17FN4O/c18-14-3-1-2-13(8-14)10-22-11-19-16(21-22)20-15(23)17-6-4-12(9-17)5-7-17/h1-4,6,8,11-12H,5,7,9-10H2,(H,20,21,23). The normalized spacial score (nSPS) is 25.0. The molecule has 0 spiro atoms. The van der Waals surface area contributed by atoms with Gasteiger partial charge in [0.25, 0.3) is 0 Å². The Balaban J connectivity index is 1.44. The number of halogens is 1.